The third kappa shape index (κ3) is 2.46. The van der Waals surface area contributed by atoms with Gasteiger partial charge >= 0.3 is 0 Å². The minimum Gasteiger partial charge on any atom is -0.399 e. The van der Waals surface area contributed by atoms with Gasteiger partial charge in [0, 0.05) is 24.0 Å². The summed E-state index contributed by atoms with van der Waals surface area (Å²) >= 11 is 0. The molecule has 2 N–H and O–H groups in total. The fraction of sp³-hybridized carbons (Fsp3) is 0.0556. The maximum absolute atomic E-state index is 12.8. The van der Waals surface area contributed by atoms with Crippen LogP contribution in [-0.2, 0) is 0 Å². The first-order valence-corrected chi connectivity index (χ1v) is 6.78. The summed E-state index contributed by atoms with van der Waals surface area (Å²) in [6.45, 7) is 0. The summed E-state index contributed by atoms with van der Waals surface area (Å²) in [6, 6.07) is 21.0. The average molecular weight is 276 g/mol. The molecule has 0 aliphatic heterocycles. The maximum atomic E-state index is 12.8. The summed E-state index contributed by atoms with van der Waals surface area (Å²) in [5, 5.41) is 2.02. The summed E-state index contributed by atoms with van der Waals surface area (Å²) in [5.41, 5.74) is 7.91. The molecule has 21 heavy (non-hydrogen) atoms. The Bertz CT molecular complexity index is 806. The molecule has 0 unspecified atom stereocenters. The molecule has 0 aliphatic carbocycles. The van der Waals surface area contributed by atoms with Crippen LogP contribution in [0.25, 0.3) is 10.8 Å². The number of rotatable bonds is 2. The molecule has 0 atom stereocenters. The number of nitrogens with zero attached hydrogens (tertiary/aromatic N) is 1. The molecule has 0 aliphatic rings. The molecule has 0 saturated heterocycles. The van der Waals surface area contributed by atoms with Gasteiger partial charge in [-0.25, -0.2) is 0 Å². The van der Waals surface area contributed by atoms with Crippen LogP contribution in [0.1, 0.15) is 10.4 Å². The van der Waals surface area contributed by atoms with E-state index >= 15 is 0 Å². The van der Waals surface area contributed by atoms with Crippen LogP contribution in [0.5, 0.6) is 0 Å². The Balaban J connectivity index is 2.04. The van der Waals surface area contributed by atoms with Crippen LogP contribution in [-0.4, -0.2) is 13.0 Å². The number of hydrogen-bond donors (Lipinski definition) is 1. The van der Waals surface area contributed by atoms with Gasteiger partial charge in [0.05, 0.1) is 0 Å². The van der Waals surface area contributed by atoms with Gasteiger partial charge in [-0.15, -0.1) is 0 Å². The zero-order valence-electron chi connectivity index (χ0n) is 11.8. The van der Waals surface area contributed by atoms with E-state index in [-0.39, 0.29) is 5.91 Å². The fourth-order valence-corrected chi connectivity index (χ4v) is 2.44. The van der Waals surface area contributed by atoms with Gasteiger partial charge in [0.1, 0.15) is 0 Å². The Morgan fingerprint density at radius 3 is 2.48 bits per heavy atom. The monoisotopic (exact) mass is 276 g/mol. The van der Waals surface area contributed by atoms with E-state index in [9.17, 15) is 4.79 Å². The first-order chi connectivity index (χ1) is 10.2. The van der Waals surface area contributed by atoms with E-state index in [4.69, 9.17) is 5.73 Å². The first-order valence-electron chi connectivity index (χ1n) is 6.78. The zero-order valence-corrected chi connectivity index (χ0v) is 11.8. The molecule has 3 heteroatoms. The molecule has 0 radical (unpaired) electrons. The molecule has 0 aromatic heterocycles. The van der Waals surface area contributed by atoms with Gasteiger partial charge in [0.25, 0.3) is 5.91 Å². The second-order valence-corrected chi connectivity index (χ2v) is 4.99. The number of fused-ring (bicyclic) bond motifs is 1. The Morgan fingerprint density at radius 2 is 1.67 bits per heavy atom. The number of carbonyl (C=O) groups excluding carboxylic acids is 1. The number of amides is 1. The van der Waals surface area contributed by atoms with E-state index in [0.717, 1.165) is 16.5 Å². The van der Waals surface area contributed by atoms with Crippen molar-refractivity contribution < 1.29 is 4.79 Å². The molecular weight excluding hydrogens is 260 g/mol. The van der Waals surface area contributed by atoms with Gasteiger partial charge in [-0.3, -0.25) is 4.79 Å². The van der Waals surface area contributed by atoms with Gasteiger partial charge in [-0.1, -0.05) is 42.5 Å². The predicted octanol–water partition coefficient (Wildman–Crippen LogP) is 3.70. The molecule has 3 aromatic carbocycles. The molecule has 0 fully saturated rings. The SMILES string of the molecule is CN(C(=O)c1cccc2ccccc12)c1cccc(N)c1. The molecule has 0 heterocycles. The standard InChI is InChI=1S/C18H16N2O/c1-20(15-9-5-8-14(19)12-15)18(21)17-11-4-7-13-6-2-3-10-16(13)17/h2-12H,19H2,1H3. The second-order valence-electron chi connectivity index (χ2n) is 4.99. The van der Waals surface area contributed by atoms with Gasteiger partial charge in [-0.05, 0) is 35.0 Å². The lowest BCUT2D eigenvalue weighted by molar-refractivity contribution is 0.0994. The van der Waals surface area contributed by atoms with Gasteiger partial charge in [0.15, 0.2) is 0 Å². The number of nitrogen functional groups attached to an aromatic ring is 1. The van der Waals surface area contributed by atoms with Crippen LogP contribution in [0, 0.1) is 0 Å². The van der Waals surface area contributed by atoms with Gasteiger partial charge in [0.2, 0.25) is 0 Å². The summed E-state index contributed by atoms with van der Waals surface area (Å²) in [6.07, 6.45) is 0. The van der Waals surface area contributed by atoms with E-state index in [1.54, 1.807) is 24.1 Å². The number of anilines is 2. The molecule has 0 saturated carbocycles. The molecule has 0 bridgehead atoms. The summed E-state index contributed by atoms with van der Waals surface area (Å²) in [5.74, 6) is -0.0441. The fourth-order valence-electron chi connectivity index (χ4n) is 2.44. The topological polar surface area (TPSA) is 46.3 Å². The van der Waals surface area contributed by atoms with Crippen LogP contribution in [0.2, 0.25) is 0 Å². The lowest BCUT2D eigenvalue weighted by Crippen LogP contribution is -2.26. The summed E-state index contributed by atoms with van der Waals surface area (Å²) in [4.78, 5) is 14.4. The molecule has 3 nitrogen and oxygen atoms in total. The number of carbonyl (C=O) groups is 1. The van der Waals surface area contributed by atoms with Crippen LogP contribution in [0.15, 0.2) is 66.7 Å². The minimum atomic E-state index is -0.0441. The summed E-state index contributed by atoms with van der Waals surface area (Å²) < 4.78 is 0. The molecule has 104 valence electrons. The van der Waals surface area contributed by atoms with Crippen molar-refractivity contribution in [2.24, 2.45) is 0 Å². The van der Waals surface area contributed by atoms with Crippen molar-refractivity contribution in [3.8, 4) is 0 Å². The highest BCUT2D eigenvalue weighted by molar-refractivity contribution is 6.13. The van der Waals surface area contributed by atoms with Crippen molar-refractivity contribution in [3.63, 3.8) is 0 Å². The third-order valence-electron chi connectivity index (χ3n) is 3.58. The lowest BCUT2D eigenvalue weighted by Gasteiger charge is -2.18. The molecule has 3 rings (SSSR count). The van der Waals surface area contributed by atoms with Crippen molar-refractivity contribution >= 4 is 28.1 Å². The highest BCUT2D eigenvalue weighted by atomic mass is 16.2. The van der Waals surface area contributed by atoms with E-state index in [2.05, 4.69) is 0 Å². The molecular formula is C18H16N2O. The zero-order chi connectivity index (χ0) is 14.8. The third-order valence-corrected chi connectivity index (χ3v) is 3.58. The van der Waals surface area contributed by atoms with Crippen molar-refractivity contribution in [2.75, 3.05) is 17.7 Å². The Morgan fingerprint density at radius 1 is 0.952 bits per heavy atom. The largest absolute Gasteiger partial charge is 0.399 e. The highest BCUT2D eigenvalue weighted by Gasteiger charge is 2.15. The molecule has 0 spiro atoms. The number of hydrogen-bond acceptors (Lipinski definition) is 2. The van der Waals surface area contributed by atoms with Crippen molar-refractivity contribution in [2.45, 2.75) is 0 Å². The minimum absolute atomic E-state index is 0.0441. The Hall–Kier alpha value is -2.81. The van der Waals surface area contributed by atoms with Crippen LogP contribution >= 0.6 is 0 Å². The van der Waals surface area contributed by atoms with E-state index in [1.807, 2.05) is 54.6 Å². The van der Waals surface area contributed by atoms with Crippen molar-refractivity contribution in [1.82, 2.24) is 0 Å². The quantitative estimate of drug-likeness (QED) is 0.725. The lowest BCUT2D eigenvalue weighted by atomic mass is 10.0. The molecule has 1 amide bonds. The number of benzene rings is 3. The highest BCUT2D eigenvalue weighted by Crippen LogP contribution is 2.23. The Kier molecular flexibility index (Phi) is 3.32. The predicted molar refractivity (Wildman–Crippen MR) is 87.5 cm³/mol. The molecule has 3 aromatic rings. The maximum Gasteiger partial charge on any atom is 0.258 e. The van der Waals surface area contributed by atoms with E-state index in [0.29, 0.717) is 11.3 Å². The van der Waals surface area contributed by atoms with Gasteiger partial charge in [-0.2, -0.15) is 0 Å². The van der Waals surface area contributed by atoms with Crippen molar-refractivity contribution in [1.29, 1.82) is 0 Å². The average Bonchev–Trinajstić information content (AvgIpc) is 2.53. The van der Waals surface area contributed by atoms with Gasteiger partial charge < -0.3 is 10.6 Å². The summed E-state index contributed by atoms with van der Waals surface area (Å²) in [7, 11) is 1.76. The van der Waals surface area contributed by atoms with E-state index in [1.165, 1.54) is 0 Å². The van der Waals surface area contributed by atoms with Crippen LogP contribution in [0.4, 0.5) is 11.4 Å². The van der Waals surface area contributed by atoms with Crippen molar-refractivity contribution in [3.05, 3.63) is 72.3 Å². The van der Waals surface area contributed by atoms with Crippen LogP contribution < -0.4 is 10.6 Å². The number of nitrogens with two attached hydrogens (primary N) is 1. The normalized spacial score (nSPS) is 10.5. The first kappa shape index (κ1) is 13.2. The smallest absolute Gasteiger partial charge is 0.258 e. The second kappa shape index (κ2) is 5.29. The van der Waals surface area contributed by atoms with E-state index < -0.39 is 0 Å². The van der Waals surface area contributed by atoms with Crippen LogP contribution in [0.3, 0.4) is 0 Å². The Labute approximate surface area is 123 Å².